The molecule has 14 heavy (non-hydrogen) atoms. The Bertz CT molecular complexity index is 152. The molecule has 0 spiro atoms. The van der Waals surface area contributed by atoms with E-state index >= 15 is 0 Å². The van der Waals surface area contributed by atoms with Crippen molar-refractivity contribution in [3.63, 3.8) is 0 Å². The van der Waals surface area contributed by atoms with Crippen LogP contribution in [-0.4, -0.2) is 23.9 Å². The smallest absolute Gasteiger partial charge is 0.222 e. The van der Waals surface area contributed by atoms with Gasteiger partial charge in [-0.05, 0) is 19.8 Å². The molecule has 1 unspecified atom stereocenters. The first-order valence-electron chi connectivity index (χ1n) is 5.93. The Kier molecular flexibility index (Phi) is 7.54. The van der Waals surface area contributed by atoms with Gasteiger partial charge in [0.15, 0.2) is 0 Å². The van der Waals surface area contributed by atoms with E-state index < -0.39 is 0 Å². The first-order chi connectivity index (χ1) is 6.65. The Labute approximate surface area is 88.7 Å². The second kappa shape index (κ2) is 7.84. The molecule has 84 valence electrons. The molecule has 0 bridgehead atoms. The number of hydrogen-bond acceptors (Lipinski definition) is 1. The maximum absolute atomic E-state index is 11.7. The summed E-state index contributed by atoms with van der Waals surface area (Å²) in [6.45, 7) is 10.1. The first-order valence-corrected chi connectivity index (χ1v) is 5.93. The fourth-order valence-electron chi connectivity index (χ4n) is 1.66. The minimum atomic E-state index is 0.318. The molecule has 0 aromatic carbocycles. The Morgan fingerprint density at radius 2 is 1.79 bits per heavy atom. The van der Waals surface area contributed by atoms with E-state index in [0.29, 0.717) is 11.8 Å². The quantitative estimate of drug-likeness (QED) is 0.617. The zero-order chi connectivity index (χ0) is 11.0. The van der Waals surface area contributed by atoms with Crippen LogP contribution in [0.15, 0.2) is 0 Å². The Morgan fingerprint density at radius 3 is 2.21 bits per heavy atom. The molecular weight excluding hydrogens is 174 g/mol. The monoisotopic (exact) mass is 199 g/mol. The molecule has 1 atom stereocenters. The highest BCUT2D eigenvalue weighted by atomic mass is 16.2. The number of hydrogen-bond donors (Lipinski definition) is 0. The van der Waals surface area contributed by atoms with E-state index in [1.807, 2.05) is 18.7 Å². The van der Waals surface area contributed by atoms with E-state index in [0.717, 1.165) is 19.5 Å². The van der Waals surface area contributed by atoms with Crippen LogP contribution in [0.25, 0.3) is 0 Å². The molecule has 0 aliphatic carbocycles. The molecule has 0 aliphatic heterocycles. The molecule has 0 saturated heterocycles. The Hall–Kier alpha value is -0.530. The van der Waals surface area contributed by atoms with E-state index in [1.54, 1.807) is 0 Å². The fourth-order valence-corrected chi connectivity index (χ4v) is 1.66. The van der Waals surface area contributed by atoms with Crippen molar-refractivity contribution in [3.8, 4) is 0 Å². The van der Waals surface area contributed by atoms with Crippen molar-refractivity contribution < 1.29 is 4.79 Å². The normalized spacial score (nSPS) is 12.6. The van der Waals surface area contributed by atoms with Crippen molar-refractivity contribution in [2.45, 2.75) is 53.4 Å². The van der Waals surface area contributed by atoms with Gasteiger partial charge in [-0.2, -0.15) is 0 Å². The molecule has 0 saturated carbocycles. The number of rotatable bonds is 7. The molecule has 2 heteroatoms. The minimum absolute atomic E-state index is 0.318. The first kappa shape index (κ1) is 13.5. The minimum Gasteiger partial charge on any atom is -0.343 e. The van der Waals surface area contributed by atoms with Gasteiger partial charge in [0.2, 0.25) is 5.91 Å². The maximum Gasteiger partial charge on any atom is 0.222 e. The van der Waals surface area contributed by atoms with Gasteiger partial charge in [-0.3, -0.25) is 4.79 Å². The molecule has 0 aromatic heterocycles. The third-order valence-corrected chi connectivity index (χ3v) is 2.69. The summed E-state index contributed by atoms with van der Waals surface area (Å²) in [6, 6.07) is 0. The van der Waals surface area contributed by atoms with Gasteiger partial charge in [-0.25, -0.2) is 0 Å². The standard InChI is InChI=1S/C12H25NO/c1-5-8-9-11(4)10-12(14)13(6-2)7-3/h11H,5-10H2,1-4H3. The molecule has 1 amide bonds. The highest BCUT2D eigenvalue weighted by molar-refractivity contribution is 5.76. The largest absolute Gasteiger partial charge is 0.343 e. The van der Waals surface area contributed by atoms with Gasteiger partial charge in [0, 0.05) is 19.5 Å². The summed E-state index contributed by atoms with van der Waals surface area (Å²) in [5.41, 5.74) is 0. The van der Waals surface area contributed by atoms with Gasteiger partial charge in [0.05, 0.1) is 0 Å². The van der Waals surface area contributed by atoms with Crippen LogP contribution in [0.5, 0.6) is 0 Å². The molecule has 0 rings (SSSR count). The third-order valence-electron chi connectivity index (χ3n) is 2.69. The lowest BCUT2D eigenvalue weighted by atomic mass is 10.00. The van der Waals surface area contributed by atoms with Crippen LogP contribution in [0.3, 0.4) is 0 Å². The van der Waals surface area contributed by atoms with Crippen LogP contribution in [0, 0.1) is 5.92 Å². The Morgan fingerprint density at radius 1 is 1.21 bits per heavy atom. The van der Waals surface area contributed by atoms with E-state index in [-0.39, 0.29) is 0 Å². The number of nitrogens with zero attached hydrogens (tertiary/aromatic N) is 1. The molecule has 0 radical (unpaired) electrons. The van der Waals surface area contributed by atoms with Crippen LogP contribution in [-0.2, 0) is 4.79 Å². The van der Waals surface area contributed by atoms with Crippen molar-refractivity contribution in [2.24, 2.45) is 5.92 Å². The summed E-state index contributed by atoms with van der Waals surface area (Å²) in [5.74, 6) is 0.863. The van der Waals surface area contributed by atoms with Gasteiger partial charge in [0.25, 0.3) is 0 Å². The van der Waals surface area contributed by atoms with Crippen molar-refractivity contribution in [2.75, 3.05) is 13.1 Å². The van der Waals surface area contributed by atoms with Crippen LogP contribution >= 0.6 is 0 Å². The molecule has 0 fully saturated rings. The van der Waals surface area contributed by atoms with Crippen molar-refractivity contribution in [3.05, 3.63) is 0 Å². The highest BCUT2D eigenvalue weighted by Crippen LogP contribution is 2.13. The Balaban J connectivity index is 3.79. The second-order valence-electron chi connectivity index (χ2n) is 4.02. The van der Waals surface area contributed by atoms with E-state index in [2.05, 4.69) is 13.8 Å². The highest BCUT2D eigenvalue weighted by Gasteiger charge is 2.13. The van der Waals surface area contributed by atoms with E-state index in [4.69, 9.17) is 0 Å². The van der Waals surface area contributed by atoms with Crippen LogP contribution in [0.2, 0.25) is 0 Å². The summed E-state index contributed by atoms with van der Waals surface area (Å²) in [5, 5.41) is 0. The lowest BCUT2D eigenvalue weighted by molar-refractivity contribution is -0.131. The fraction of sp³-hybridized carbons (Fsp3) is 0.917. The van der Waals surface area contributed by atoms with Crippen LogP contribution in [0.4, 0.5) is 0 Å². The van der Waals surface area contributed by atoms with Crippen molar-refractivity contribution in [1.82, 2.24) is 4.90 Å². The predicted octanol–water partition coefficient (Wildman–Crippen LogP) is 3.07. The van der Waals surface area contributed by atoms with Gasteiger partial charge in [-0.15, -0.1) is 0 Å². The van der Waals surface area contributed by atoms with Crippen molar-refractivity contribution >= 4 is 5.91 Å². The number of amides is 1. The zero-order valence-electron chi connectivity index (χ0n) is 10.2. The van der Waals surface area contributed by atoms with E-state index in [1.165, 1.54) is 19.3 Å². The average molecular weight is 199 g/mol. The lowest BCUT2D eigenvalue weighted by Gasteiger charge is -2.20. The van der Waals surface area contributed by atoms with Crippen molar-refractivity contribution in [1.29, 1.82) is 0 Å². The summed E-state index contributed by atoms with van der Waals surface area (Å²) in [4.78, 5) is 13.6. The van der Waals surface area contributed by atoms with Crippen LogP contribution in [0.1, 0.15) is 53.4 Å². The molecule has 0 aromatic rings. The molecular formula is C12H25NO. The summed E-state index contributed by atoms with van der Waals surface area (Å²) < 4.78 is 0. The average Bonchev–Trinajstić information content (AvgIpc) is 2.16. The molecule has 0 N–H and O–H groups in total. The second-order valence-corrected chi connectivity index (χ2v) is 4.02. The number of carbonyl (C=O) groups is 1. The predicted molar refractivity (Wildman–Crippen MR) is 61.2 cm³/mol. The topological polar surface area (TPSA) is 20.3 Å². The third kappa shape index (κ3) is 5.25. The van der Waals surface area contributed by atoms with Gasteiger partial charge < -0.3 is 4.90 Å². The van der Waals surface area contributed by atoms with Gasteiger partial charge in [0.1, 0.15) is 0 Å². The molecule has 0 heterocycles. The summed E-state index contributed by atoms with van der Waals surface area (Å²) in [7, 11) is 0. The zero-order valence-corrected chi connectivity index (χ0v) is 10.2. The number of unbranched alkanes of at least 4 members (excludes halogenated alkanes) is 1. The van der Waals surface area contributed by atoms with Crippen LogP contribution < -0.4 is 0 Å². The van der Waals surface area contributed by atoms with Gasteiger partial charge in [-0.1, -0.05) is 33.1 Å². The molecule has 2 nitrogen and oxygen atoms in total. The van der Waals surface area contributed by atoms with E-state index in [9.17, 15) is 4.79 Å². The molecule has 0 aliphatic rings. The lowest BCUT2D eigenvalue weighted by Crippen LogP contribution is -2.31. The summed E-state index contributed by atoms with van der Waals surface area (Å²) >= 11 is 0. The van der Waals surface area contributed by atoms with Gasteiger partial charge >= 0.3 is 0 Å². The number of carbonyl (C=O) groups excluding carboxylic acids is 1. The SMILES string of the molecule is CCCCC(C)CC(=O)N(CC)CC. The maximum atomic E-state index is 11.7. The summed E-state index contributed by atoms with van der Waals surface area (Å²) in [6.07, 6.45) is 4.38.